The summed E-state index contributed by atoms with van der Waals surface area (Å²) in [6.07, 6.45) is 1.83. The van der Waals surface area contributed by atoms with Gasteiger partial charge in [-0.05, 0) is 52.7 Å². The molecule has 1 aromatic heterocycles. The first kappa shape index (κ1) is 14.0. The van der Waals surface area contributed by atoms with Gasteiger partial charge in [0, 0.05) is 18.8 Å². The molecule has 0 fully saturated rings. The number of benzene rings is 1. The van der Waals surface area contributed by atoms with Gasteiger partial charge < -0.3 is 10.1 Å². The van der Waals surface area contributed by atoms with Crippen molar-refractivity contribution in [3.63, 3.8) is 0 Å². The number of aromatic nitrogens is 1. The normalized spacial score (nSPS) is 10.5. The lowest BCUT2D eigenvalue weighted by atomic mass is 10.2. The molecule has 1 aromatic carbocycles. The van der Waals surface area contributed by atoms with E-state index in [1.54, 1.807) is 0 Å². The van der Waals surface area contributed by atoms with Crippen molar-refractivity contribution in [2.45, 2.75) is 20.4 Å². The number of halogens is 1. The number of pyridine rings is 1. The summed E-state index contributed by atoms with van der Waals surface area (Å²) >= 11 is 3.49. The van der Waals surface area contributed by atoms with Crippen LogP contribution < -0.4 is 10.1 Å². The molecule has 0 radical (unpaired) electrons. The van der Waals surface area contributed by atoms with Crippen molar-refractivity contribution >= 4 is 15.9 Å². The SMILES string of the molecule is CCNCc1ccc(Oc2ccc(C)cc2Br)nc1. The van der Waals surface area contributed by atoms with Crippen LogP contribution in [0.3, 0.4) is 0 Å². The number of aryl methyl sites for hydroxylation is 1. The van der Waals surface area contributed by atoms with E-state index in [1.165, 1.54) is 5.56 Å². The Labute approximate surface area is 122 Å². The predicted octanol–water partition coefficient (Wildman–Crippen LogP) is 4.05. The molecule has 0 aliphatic carbocycles. The first-order valence-electron chi connectivity index (χ1n) is 6.28. The molecule has 0 saturated heterocycles. The lowest BCUT2D eigenvalue weighted by Crippen LogP contribution is -2.11. The van der Waals surface area contributed by atoms with Crippen molar-refractivity contribution in [3.05, 3.63) is 52.1 Å². The minimum absolute atomic E-state index is 0.602. The van der Waals surface area contributed by atoms with Gasteiger partial charge >= 0.3 is 0 Å². The van der Waals surface area contributed by atoms with Crippen LogP contribution in [-0.2, 0) is 6.54 Å². The third-order valence-electron chi connectivity index (χ3n) is 2.68. The topological polar surface area (TPSA) is 34.1 Å². The summed E-state index contributed by atoms with van der Waals surface area (Å²) in [7, 11) is 0. The van der Waals surface area contributed by atoms with E-state index in [-0.39, 0.29) is 0 Å². The standard InChI is InChI=1S/C15H17BrN2O/c1-3-17-9-12-5-7-15(18-10-12)19-14-6-4-11(2)8-13(14)16/h4-8,10,17H,3,9H2,1-2H3. The van der Waals surface area contributed by atoms with E-state index < -0.39 is 0 Å². The van der Waals surface area contributed by atoms with Crippen molar-refractivity contribution in [3.8, 4) is 11.6 Å². The molecular weight excluding hydrogens is 304 g/mol. The van der Waals surface area contributed by atoms with Crippen molar-refractivity contribution in [2.75, 3.05) is 6.54 Å². The number of rotatable bonds is 5. The summed E-state index contributed by atoms with van der Waals surface area (Å²) in [5.41, 5.74) is 2.34. The fraction of sp³-hybridized carbons (Fsp3) is 0.267. The average Bonchev–Trinajstić information content (AvgIpc) is 2.41. The monoisotopic (exact) mass is 320 g/mol. The van der Waals surface area contributed by atoms with Gasteiger partial charge in [-0.25, -0.2) is 4.98 Å². The Morgan fingerprint density at radius 2 is 2.11 bits per heavy atom. The van der Waals surface area contributed by atoms with Crippen molar-refractivity contribution < 1.29 is 4.74 Å². The predicted molar refractivity (Wildman–Crippen MR) is 80.6 cm³/mol. The molecule has 0 saturated carbocycles. The van der Waals surface area contributed by atoms with Gasteiger partial charge in [0.25, 0.3) is 0 Å². The zero-order valence-electron chi connectivity index (χ0n) is 11.1. The van der Waals surface area contributed by atoms with Crippen LogP contribution in [0.15, 0.2) is 41.0 Å². The molecule has 100 valence electrons. The van der Waals surface area contributed by atoms with Crippen molar-refractivity contribution in [1.82, 2.24) is 10.3 Å². The molecule has 1 heterocycles. The highest BCUT2D eigenvalue weighted by molar-refractivity contribution is 9.10. The molecule has 2 rings (SSSR count). The first-order chi connectivity index (χ1) is 9.19. The summed E-state index contributed by atoms with van der Waals surface area (Å²) in [5, 5.41) is 3.26. The second-order valence-corrected chi connectivity index (χ2v) is 5.18. The molecular formula is C15H17BrN2O. The van der Waals surface area contributed by atoms with Gasteiger partial charge in [-0.3, -0.25) is 0 Å². The molecule has 0 aliphatic rings. The maximum absolute atomic E-state index is 5.75. The third-order valence-corrected chi connectivity index (χ3v) is 3.30. The molecule has 0 aliphatic heterocycles. The van der Waals surface area contributed by atoms with Gasteiger partial charge in [-0.15, -0.1) is 0 Å². The Bertz CT molecular complexity index is 540. The highest BCUT2D eigenvalue weighted by Crippen LogP contribution is 2.29. The van der Waals surface area contributed by atoms with Gasteiger partial charge in [-0.1, -0.05) is 19.1 Å². The highest BCUT2D eigenvalue weighted by atomic mass is 79.9. The number of hydrogen-bond acceptors (Lipinski definition) is 3. The summed E-state index contributed by atoms with van der Waals surface area (Å²) < 4.78 is 6.68. The van der Waals surface area contributed by atoms with Gasteiger partial charge in [0.1, 0.15) is 5.75 Å². The second-order valence-electron chi connectivity index (χ2n) is 4.32. The summed E-state index contributed by atoms with van der Waals surface area (Å²) in [6, 6.07) is 9.88. The van der Waals surface area contributed by atoms with Crippen LogP contribution >= 0.6 is 15.9 Å². The Hall–Kier alpha value is -1.39. The Kier molecular flexibility index (Phi) is 4.93. The largest absolute Gasteiger partial charge is 0.438 e. The maximum Gasteiger partial charge on any atom is 0.219 e. The molecule has 0 bridgehead atoms. The molecule has 0 amide bonds. The van der Waals surface area contributed by atoms with Gasteiger partial charge in [0.05, 0.1) is 4.47 Å². The first-order valence-corrected chi connectivity index (χ1v) is 7.08. The molecule has 3 nitrogen and oxygen atoms in total. The van der Waals surface area contributed by atoms with E-state index in [9.17, 15) is 0 Å². The van der Waals surface area contributed by atoms with Crippen LogP contribution in [0.1, 0.15) is 18.1 Å². The molecule has 0 unspecified atom stereocenters. The van der Waals surface area contributed by atoms with E-state index in [0.717, 1.165) is 28.9 Å². The fourth-order valence-electron chi connectivity index (χ4n) is 1.65. The lowest BCUT2D eigenvalue weighted by molar-refractivity contribution is 0.459. The summed E-state index contributed by atoms with van der Waals surface area (Å²) in [6.45, 7) is 5.91. The average molecular weight is 321 g/mol. The van der Waals surface area contributed by atoms with Crippen molar-refractivity contribution in [1.29, 1.82) is 0 Å². The Balaban J connectivity index is 2.06. The smallest absolute Gasteiger partial charge is 0.219 e. The van der Waals surface area contributed by atoms with Crippen LogP contribution in [0.5, 0.6) is 11.6 Å². The van der Waals surface area contributed by atoms with Crippen LogP contribution in [0.25, 0.3) is 0 Å². The van der Waals surface area contributed by atoms with Gasteiger partial charge in [0.15, 0.2) is 0 Å². The van der Waals surface area contributed by atoms with E-state index in [0.29, 0.717) is 5.88 Å². The number of ether oxygens (including phenoxy) is 1. The molecule has 0 atom stereocenters. The number of hydrogen-bond donors (Lipinski definition) is 1. The number of nitrogens with one attached hydrogen (secondary N) is 1. The minimum Gasteiger partial charge on any atom is -0.438 e. The molecule has 0 spiro atoms. The maximum atomic E-state index is 5.75. The molecule has 1 N–H and O–H groups in total. The minimum atomic E-state index is 0.602. The van der Waals surface area contributed by atoms with E-state index in [4.69, 9.17) is 4.74 Å². The van der Waals surface area contributed by atoms with E-state index in [2.05, 4.69) is 33.2 Å². The Morgan fingerprint density at radius 3 is 2.74 bits per heavy atom. The van der Waals surface area contributed by atoms with Crippen molar-refractivity contribution in [2.24, 2.45) is 0 Å². The second kappa shape index (κ2) is 6.68. The number of nitrogens with zero attached hydrogens (tertiary/aromatic N) is 1. The van der Waals surface area contributed by atoms with Gasteiger partial charge in [0.2, 0.25) is 5.88 Å². The zero-order chi connectivity index (χ0) is 13.7. The Morgan fingerprint density at radius 1 is 1.26 bits per heavy atom. The lowest BCUT2D eigenvalue weighted by Gasteiger charge is -2.08. The van der Waals surface area contributed by atoms with Crippen LogP contribution in [0.2, 0.25) is 0 Å². The van der Waals surface area contributed by atoms with Gasteiger partial charge in [-0.2, -0.15) is 0 Å². The fourth-order valence-corrected chi connectivity index (χ4v) is 2.22. The molecule has 2 aromatic rings. The quantitative estimate of drug-likeness (QED) is 0.902. The molecule has 19 heavy (non-hydrogen) atoms. The van der Waals surface area contributed by atoms with Crippen LogP contribution in [-0.4, -0.2) is 11.5 Å². The third kappa shape index (κ3) is 4.04. The van der Waals surface area contributed by atoms with E-state index in [1.807, 2.05) is 43.5 Å². The molecule has 4 heteroatoms. The zero-order valence-corrected chi connectivity index (χ0v) is 12.7. The van der Waals surface area contributed by atoms with Crippen LogP contribution in [0.4, 0.5) is 0 Å². The summed E-state index contributed by atoms with van der Waals surface area (Å²) in [5.74, 6) is 1.38. The van der Waals surface area contributed by atoms with E-state index >= 15 is 0 Å². The summed E-state index contributed by atoms with van der Waals surface area (Å²) in [4.78, 5) is 4.31. The highest BCUT2D eigenvalue weighted by Gasteiger charge is 2.04. The van der Waals surface area contributed by atoms with Crippen LogP contribution in [0, 0.1) is 6.92 Å².